The molecule has 0 aliphatic carbocycles. The second-order valence-corrected chi connectivity index (χ2v) is 4.98. The molecule has 0 N–H and O–H groups in total. The van der Waals surface area contributed by atoms with E-state index in [0.717, 1.165) is 16.6 Å². The van der Waals surface area contributed by atoms with E-state index >= 15 is 0 Å². The van der Waals surface area contributed by atoms with Crippen LogP contribution in [0.3, 0.4) is 0 Å². The van der Waals surface area contributed by atoms with Crippen molar-refractivity contribution in [1.82, 2.24) is 19.3 Å². The number of aromatic nitrogens is 4. The van der Waals surface area contributed by atoms with E-state index in [2.05, 4.69) is 10.1 Å². The normalized spacial score (nSPS) is 10.8. The van der Waals surface area contributed by atoms with E-state index in [1.807, 2.05) is 49.6 Å². The molecule has 0 atom stereocenters. The quantitative estimate of drug-likeness (QED) is 0.543. The minimum atomic E-state index is -0.0659. The highest BCUT2D eigenvalue weighted by atomic mass is 35.5. The zero-order valence-corrected chi connectivity index (χ0v) is 12.6. The van der Waals surface area contributed by atoms with Gasteiger partial charge in [0.1, 0.15) is 6.33 Å². The van der Waals surface area contributed by atoms with Crippen LogP contribution >= 0.6 is 12.4 Å². The number of nitrogens with zero attached hydrogens (tertiary/aromatic N) is 4. The Morgan fingerprint density at radius 3 is 2.73 bits per heavy atom. The van der Waals surface area contributed by atoms with Crippen molar-refractivity contribution in [2.75, 3.05) is 0 Å². The maximum Gasteiger partial charge on any atom is 0.265 e. The first-order chi connectivity index (χ1) is 10.2. The van der Waals surface area contributed by atoms with Crippen LogP contribution < -0.4 is 5.56 Å². The van der Waals surface area contributed by atoms with Crippen LogP contribution in [0.4, 0.5) is 0 Å². The van der Waals surface area contributed by atoms with Crippen LogP contribution in [0.2, 0.25) is 0 Å². The van der Waals surface area contributed by atoms with E-state index in [9.17, 15) is 4.79 Å². The summed E-state index contributed by atoms with van der Waals surface area (Å²) in [5, 5.41) is 5.95. The standard InChI is InChI=1S/C16H12N4O.ClH/c1-19-9-11-8-12(6-7-14(11)18-19)20-10-17-15-5-3-2-4-13(15)16(20)21;/h2-10H,1H3;1H. The second-order valence-electron chi connectivity index (χ2n) is 4.98. The fourth-order valence-electron chi connectivity index (χ4n) is 2.54. The third kappa shape index (κ3) is 2.16. The van der Waals surface area contributed by atoms with E-state index < -0.39 is 0 Å². The molecule has 0 spiro atoms. The average molecular weight is 313 g/mol. The average Bonchev–Trinajstić information content (AvgIpc) is 2.87. The second kappa shape index (κ2) is 5.27. The molecule has 0 bridgehead atoms. The molecular weight excluding hydrogens is 300 g/mol. The van der Waals surface area contributed by atoms with Gasteiger partial charge in [-0.2, -0.15) is 5.10 Å². The van der Waals surface area contributed by atoms with Gasteiger partial charge in [-0.15, -0.1) is 12.4 Å². The molecule has 110 valence electrons. The molecule has 0 unspecified atom stereocenters. The molecule has 2 heterocycles. The Balaban J connectivity index is 0.00000144. The molecule has 0 saturated heterocycles. The summed E-state index contributed by atoms with van der Waals surface area (Å²) in [6, 6.07) is 13.1. The van der Waals surface area contributed by atoms with Gasteiger partial charge >= 0.3 is 0 Å². The summed E-state index contributed by atoms with van der Waals surface area (Å²) >= 11 is 0. The van der Waals surface area contributed by atoms with Crippen molar-refractivity contribution in [3.05, 3.63) is 65.3 Å². The summed E-state index contributed by atoms with van der Waals surface area (Å²) in [6.07, 6.45) is 3.50. The first-order valence-electron chi connectivity index (χ1n) is 6.62. The number of benzene rings is 2. The Hall–Kier alpha value is -2.66. The van der Waals surface area contributed by atoms with Crippen LogP contribution in [0.15, 0.2) is 59.8 Å². The SMILES string of the molecule is Cl.Cn1cc2cc(-n3cnc4ccccc4c3=O)ccc2n1. The van der Waals surface area contributed by atoms with Crippen LogP contribution in [-0.2, 0) is 7.05 Å². The van der Waals surface area contributed by atoms with E-state index in [-0.39, 0.29) is 18.0 Å². The molecular formula is C16H13ClN4O. The number of aryl methyl sites for hydroxylation is 1. The van der Waals surface area contributed by atoms with Gasteiger partial charge in [0.05, 0.1) is 22.1 Å². The Bertz CT molecular complexity index is 1040. The predicted molar refractivity (Wildman–Crippen MR) is 88.9 cm³/mol. The molecule has 0 radical (unpaired) electrons. The molecule has 0 aliphatic heterocycles. The number of fused-ring (bicyclic) bond motifs is 2. The highest BCUT2D eigenvalue weighted by molar-refractivity contribution is 5.85. The molecule has 0 aliphatic rings. The van der Waals surface area contributed by atoms with Crippen LogP contribution in [0.25, 0.3) is 27.5 Å². The first kappa shape index (κ1) is 14.3. The summed E-state index contributed by atoms with van der Waals surface area (Å²) in [6.45, 7) is 0. The molecule has 2 aromatic carbocycles. The van der Waals surface area contributed by atoms with E-state index in [4.69, 9.17) is 0 Å². The van der Waals surface area contributed by atoms with Crippen molar-refractivity contribution in [2.45, 2.75) is 0 Å². The highest BCUT2D eigenvalue weighted by Crippen LogP contribution is 2.16. The zero-order valence-electron chi connectivity index (χ0n) is 11.8. The molecule has 0 amide bonds. The number of hydrogen-bond acceptors (Lipinski definition) is 3. The highest BCUT2D eigenvalue weighted by Gasteiger charge is 2.07. The van der Waals surface area contributed by atoms with Crippen molar-refractivity contribution in [2.24, 2.45) is 7.05 Å². The fraction of sp³-hybridized carbons (Fsp3) is 0.0625. The van der Waals surface area contributed by atoms with Crippen molar-refractivity contribution >= 4 is 34.2 Å². The molecule has 4 rings (SSSR count). The minimum absolute atomic E-state index is 0. The lowest BCUT2D eigenvalue weighted by molar-refractivity contribution is 0.780. The van der Waals surface area contributed by atoms with Gasteiger partial charge in [0.2, 0.25) is 0 Å². The van der Waals surface area contributed by atoms with Gasteiger partial charge in [0.15, 0.2) is 0 Å². The number of rotatable bonds is 1. The van der Waals surface area contributed by atoms with Crippen molar-refractivity contribution in [3.63, 3.8) is 0 Å². The van der Waals surface area contributed by atoms with Gasteiger partial charge in [-0.3, -0.25) is 14.0 Å². The third-order valence-corrected chi connectivity index (χ3v) is 3.55. The maximum absolute atomic E-state index is 12.6. The largest absolute Gasteiger partial charge is 0.275 e. The van der Waals surface area contributed by atoms with Gasteiger partial charge in [-0.25, -0.2) is 4.98 Å². The van der Waals surface area contributed by atoms with Crippen LogP contribution in [0.1, 0.15) is 0 Å². The van der Waals surface area contributed by atoms with E-state index in [1.54, 1.807) is 21.6 Å². The van der Waals surface area contributed by atoms with Crippen molar-refractivity contribution in [1.29, 1.82) is 0 Å². The Labute approximate surface area is 132 Å². The summed E-state index contributed by atoms with van der Waals surface area (Å²) in [4.78, 5) is 16.9. The smallest absolute Gasteiger partial charge is 0.265 e. The first-order valence-corrected chi connectivity index (χ1v) is 6.62. The Morgan fingerprint density at radius 1 is 1.05 bits per heavy atom. The summed E-state index contributed by atoms with van der Waals surface area (Å²) < 4.78 is 3.32. The van der Waals surface area contributed by atoms with Crippen molar-refractivity contribution in [3.8, 4) is 5.69 Å². The molecule has 0 saturated carbocycles. The van der Waals surface area contributed by atoms with Crippen LogP contribution in [0, 0.1) is 0 Å². The third-order valence-electron chi connectivity index (χ3n) is 3.55. The number of hydrogen-bond donors (Lipinski definition) is 0. The Morgan fingerprint density at radius 2 is 1.86 bits per heavy atom. The van der Waals surface area contributed by atoms with Gasteiger partial charge in [-0.05, 0) is 30.3 Å². The minimum Gasteiger partial charge on any atom is -0.275 e. The zero-order chi connectivity index (χ0) is 14.4. The van der Waals surface area contributed by atoms with Gasteiger partial charge in [0, 0.05) is 18.6 Å². The van der Waals surface area contributed by atoms with Gasteiger partial charge < -0.3 is 0 Å². The molecule has 4 aromatic rings. The fourth-order valence-corrected chi connectivity index (χ4v) is 2.54. The molecule has 0 fully saturated rings. The lowest BCUT2D eigenvalue weighted by atomic mass is 10.2. The Kier molecular flexibility index (Phi) is 3.42. The molecule has 6 heteroatoms. The van der Waals surface area contributed by atoms with Gasteiger partial charge in [0.25, 0.3) is 5.56 Å². The summed E-state index contributed by atoms with van der Waals surface area (Å²) in [5.74, 6) is 0. The van der Waals surface area contributed by atoms with Crippen LogP contribution in [-0.4, -0.2) is 19.3 Å². The monoisotopic (exact) mass is 312 g/mol. The maximum atomic E-state index is 12.6. The van der Waals surface area contributed by atoms with Gasteiger partial charge in [-0.1, -0.05) is 12.1 Å². The number of para-hydroxylation sites is 1. The van der Waals surface area contributed by atoms with E-state index in [1.165, 1.54) is 0 Å². The number of halogens is 1. The molecule has 22 heavy (non-hydrogen) atoms. The van der Waals surface area contributed by atoms with Crippen LogP contribution in [0.5, 0.6) is 0 Å². The molecule has 2 aromatic heterocycles. The molecule has 5 nitrogen and oxygen atoms in total. The van der Waals surface area contributed by atoms with Crippen molar-refractivity contribution < 1.29 is 0 Å². The lowest BCUT2D eigenvalue weighted by Gasteiger charge is -2.06. The topological polar surface area (TPSA) is 52.7 Å². The van der Waals surface area contributed by atoms with E-state index in [0.29, 0.717) is 10.9 Å². The summed E-state index contributed by atoms with van der Waals surface area (Å²) in [7, 11) is 1.88. The predicted octanol–water partition coefficient (Wildman–Crippen LogP) is 2.69. The lowest BCUT2D eigenvalue weighted by Crippen LogP contribution is -2.18. The summed E-state index contributed by atoms with van der Waals surface area (Å²) in [5.41, 5.74) is 2.34.